The first-order chi connectivity index (χ1) is 9.90. The van der Waals surface area contributed by atoms with Crippen LogP contribution in [0.25, 0.3) is 0 Å². The lowest BCUT2D eigenvalue weighted by atomic mass is 9.97. The van der Waals surface area contributed by atoms with E-state index in [4.69, 9.17) is 0 Å². The highest BCUT2D eigenvalue weighted by Crippen LogP contribution is 2.34. The quantitative estimate of drug-likeness (QED) is 0.928. The first-order valence-electron chi connectivity index (χ1n) is 7.42. The smallest absolute Gasteiger partial charge is 0.305 e. The highest BCUT2D eigenvalue weighted by Gasteiger charge is 2.35. The van der Waals surface area contributed by atoms with Gasteiger partial charge in [0.2, 0.25) is 0 Å². The van der Waals surface area contributed by atoms with Crippen molar-refractivity contribution in [2.24, 2.45) is 0 Å². The second-order valence-electron chi connectivity index (χ2n) is 5.99. The van der Waals surface area contributed by atoms with Crippen molar-refractivity contribution < 1.29 is 13.2 Å². The van der Waals surface area contributed by atoms with Crippen LogP contribution in [0.15, 0.2) is 0 Å². The molecule has 7 heteroatoms. The van der Waals surface area contributed by atoms with Gasteiger partial charge in [-0.25, -0.2) is 4.98 Å². The number of aryl methyl sites for hydroxylation is 2. The number of alkyl halides is 3. The van der Waals surface area contributed by atoms with Crippen LogP contribution in [0.3, 0.4) is 0 Å². The molecule has 0 spiro atoms. The van der Waals surface area contributed by atoms with Gasteiger partial charge in [0.05, 0.1) is 17.2 Å². The number of thiazole rings is 1. The number of rotatable bonds is 3. The molecule has 21 heavy (non-hydrogen) atoms. The molecular formula is C14H20F3N3S. The number of hydrogen-bond donors (Lipinski definition) is 1. The third-order valence-corrected chi connectivity index (χ3v) is 5.30. The number of aromatic nitrogens is 1. The number of nitrogens with zero attached hydrogens (tertiary/aromatic N) is 2. The average molecular weight is 319 g/mol. The Labute approximate surface area is 126 Å². The van der Waals surface area contributed by atoms with Crippen LogP contribution in [0.4, 0.5) is 13.2 Å². The molecule has 1 aliphatic heterocycles. The monoisotopic (exact) mass is 319 g/mol. The predicted molar refractivity (Wildman–Crippen MR) is 76.6 cm³/mol. The van der Waals surface area contributed by atoms with Crippen LogP contribution in [0.1, 0.15) is 40.9 Å². The van der Waals surface area contributed by atoms with E-state index in [0.717, 1.165) is 30.7 Å². The summed E-state index contributed by atoms with van der Waals surface area (Å²) in [6, 6.07) is 0.432. The SMILES string of the molecule is Cc1nc2c(s1)[C@H](N[C@@H]1CCN(CC(F)(F)F)C1)CCC2. The Balaban J connectivity index is 1.59. The summed E-state index contributed by atoms with van der Waals surface area (Å²) in [5, 5.41) is 4.65. The van der Waals surface area contributed by atoms with Gasteiger partial charge >= 0.3 is 6.18 Å². The number of fused-ring (bicyclic) bond motifs is 1. The number of hydrogen-bond acceptors (Lipinski definition) is 4. The Kier molecular flexibility index (Phi) is 4.25. The van der Waals surface area contributed by atoms with Crippen molar-refractivity contribution in [3.05, 3.63) is 15.6 Å². The zero-order valence-electron chi connectivity index (χ0n) is 12.0. The molecule has 3 rings (SSSR count). The van der Waals surface area contributed by atoms with E-state index >= 15 is 0 Å². The summed E-state index contributed by atoms with van der Waals surface area (Å²) in [6.07, 6.45) is -0.110. The van der Waals surface area contributed by atoms with Crippen LogP contribution in [-0.4, -0.2) is 41.7 Å². The van der Waals surface area contributed by atoms with E-state index in [9.17, 15) is 13.2 Å². The summed E-state index contributed by atoms with van der Waals surface area (Å²) in [5.74, 6) is 0. The van der Waals surface area contributed by atoms with Gasteiger partial charge in [0.1, 0.15) is 0 Å². The van der Waals surface area contributed by atoms with E-state index in [2.05, 4.69) is 10.3 Å². The molecule has 3 nitrogen and oxygen atoms in total. The molecule has 2 aliphatic rings. The molecule has 1 N–H and O–H groups in total. The highest BCUT2D eigenvalue weighted by atomic mass is 32.1. The molecule has 0 saturated carbocycles. The Morgan fingerprint density at radius 2 is 2.19 bits per heavy atom. The minimum atomic E-state index is -4.10. The summed E-state index contributed by atoms with van der Waals surface area (Å²) >= 11 is 1.73. The second-order valence-corrected chi connectivity index (χ2v) is 7.23. The number of halogens is 3. The van der Waals surface area contributed by atoms with E-state index in [1.165, 1.54) is 15.5 Å². The van der Waals surface area contributed by atoms with Crippen molar-refractivity contribution in [1.82, 2.24) is 15.2 Å². The van der Waals surface area contributed by atoms with Crippen molar-refractivity contribution in [1.29, 1.82) is 0 Å². The molecule has 2 atom stereocenters. The van der Waals surface area contributed by atoms with Crippen LogP contribution >= 0.6 is 11.3 Å². The van der Waals surface area contributed by atoms with Crippen LogP contribution < -0.4 is 5.32 Å². The van der Waals surface area contributed by atoms with Crippen molar-refractivity contribution in [3.8, 4) is 0 Å². The highest BCUT2D eigenvalue weighted by molar-refractivity contribution is 7.11. The average Bonchev–Trinajstić information content (AvgIpc) is 2.93. The Bertz CT molecular complexity index is 500. The van der Waals surface area contributed by atoms with Crippen molar-refractivity contribution in [2.45, 2.75) is 50.9 Å². The second kappa shape index (κ2) is 5.85. The zero-order chi connectivity index (χ0) is 15.0. The van der Waals surface area contributed by atoms with E-state index in [1.54, 1.807) is 11.3 Å². The molecule has 0 radical (unpaired) electrons. The van der Waals surface area contributed by atoms with Gasteiger partial charge in [0.15, 0.2) is 0 Å². The molecule has 1 aromatic rings. The number of nitrogens with one attached hydrogen (secondary N) is 1. The van der Waals surface area contributed by atoms with E-state index in [0.29, 0.717) is 13.1 Å². The molecule has 0 bridgehead atoms. The summed E-state index contributed by atoms with van der Waals surface area (Å²) in [7, 11) is 0. The summed E-state index contributed by atoms with van der Waals surface area (Å²) < 4.78 is 37.3. The normalized spacial score (nSPS) is 27.0. The molecule has 118 valence electrons. The molecule has 0 aromatic carbocycles. The molecule has 1 saturated heterocycles. The maximum Gasteiger partial charge on any atom is 0.401 e. The van der Waals surface area contributed by atoms with Gasteiger partial charge in [-0.15, -0.1) is 11.3 Å². The van der Waals surface area contributed by atoms with Gasteiger partial charge in [-0.3, -0.25) is 4.90 Å². The summed E-state index contributed by atoms with van der Waals surface area (Å²) in [6.45, 7) is 2.24. The fraction of sp³-hybridized carbons (Fsp3) is 0.786. The molecule has 0 unspecified atom stereocenters. The van der Waals surface area contributed by atoms with Crippen molar-refractivity contribution >= 4 is 11.3 Å². The van der Waals surface area contributed by atoms with Crippen LogP contribution in [-0.2, 0) is 6.42 Å². The lowest BCUT2D eigenvalue weighted by molar-refractivity contribution is -0.143. The van der Waals surface area contributed by atoms with E-state index in [-0.39, 0.29) is 12.1 Å². The van der Waals surface area contributed by atoms with Crippen molar-refractivity contribution in [2.75, 3.05) is 19.6 Å². The minimum Gasteiger partial charge on any atom is -0.305 e. The Morgan fingerprint density at radius 1 is 1.38 bits per heavy atom. The van der Waals surface area contributed by atoms with Gasteiger partial charge in [0.25, 0.3) is 0 Å². The van der Waals surface area contributed by atoms with Crippen LogP contribution in [0.5, 0.6) is 0 Å². The molecular weight excluding hydrogens is 299 g/mol. The van der Waals surface area contributed by atoms with Crippen LogP contribution in [0.2, 0.25) is 0 Å². The predicted octanol–water partition coefficient (Wildman–Crippen LogP) is 3.06. The van der Waals surface area contributed by atoms with Gasteiger partial charge in [-0.2, -0.15) is 13.2 Å². The fourth-order valence-electron chi connectivity index (χ4n) is 3.35. The summed E-state index contributed by atoms with van der Waals surface area (Å²) in [5.41, 5.74) is 1.19. The third kappa shape index (κ3) is 3.76. The summed E-state index contributed by atoms with van der Waals surface area (Å²) in [4.78, 5) is 7.36. The Hall–Kier alpha value is -0.660. The fourth-order valence-corrected chi connectivity index (χ4v) is 4.42. The van der Waals surface area contributed by atoms with Gasteiger partial charge in [-0.1, -0.05) is 0 Å². The maximum absolute atomic E-state index is 12.4. The first kappa shape index (κ1) is 15.2. The van der Waals surface area contributed by atoms with Gasteiger partial charge in [0, 0.05) is 30.1 Å². The standard InChI is InChI=1S/C14H20F3N3S/c1-9-18-11-3-2-4-12(13(11)21-9)19-10-5-6-20(7-10)8-14(15,16)17/h10,12,19H,2-8H2,1H3/t10-,12-/m1/s1. The van der Waals surface area contributed by atoms with Gasteiger partial charge < -0.3 is 5.32 Å². The zero-order valence-corrected chi connectivity index (χ0v) is 12.9. The largest absolute Gasteiger partial charge is 0.401 e. The topological polar surface area (TPSA) is 28.2 Å². The van der Waals surface area contributed by atoms with E-state index in [1.807, 2.05) is 6.92 Å². The molecule has 1 aliphatic carbocycles. The lowest BCUT2D eigenvalue weighted by Crippen LogP contribution is -2.38. The maximum atomic E-state index is 12.4. The van der Waals surface area contributed by atoms with E-state index < -0.39 is 12.7 Å². The first-order valence-corrected chi connectivity index (χ1v) is 8.24. The number of likely N-dealkylation sites (tertiary alicyclic amines) is 1. The Morgan fingerprint density at radius 3 is 2.95 bits per heavy atom. The van der Waals surface area contributed by atoms with Crippen molar-refractivity contribution in [3.63, 3.8) is 0 Å². The minimum absolute atomic E-state index is 0.158. The van der Waals surface area contributed by atoms with Crippen LogP contribution in [0, 0.1) is 6.92 Å². The molecule has 2 heterocycles. The lowest BCUT2D eigenvalue weighted by Gasteiger charge is -2.26. The molecule has 0 amide bonds. The molecule has 1 aromatic heterocycles. The van der Waals surface area contributed by atoms with Gasteiger partial charge in [-0.05, 0) is 32.6 Å². The third-order valence-electron chi connectivity index (χ3n) is 4.17. The molecule has 1 fully saturated rings.